The van der Waals surface area contributed by atoms with Gasteiger partial charge in [-0.3, -0.25) is 4.39 Å². The lowest BCUT2D eigenvalue weighted by atomic mass is 9.90. The summed E-state index contributed by atoms with van der Waals surface area (Å²) in [4.78, 5) is 0. The molecule has 2 aromatic rings. The minimum atomic E-state index is -0.909. The van der Waals surface area contributed by atoms with Gasteiger partial charge in [-0.25, -0.2) is 13.2 Å². The van der Waals surface area contributed by atoms with Crippen LogP contribution < -0.4 is 0 Å². The fourth-order valence-corrected chi connectivity index (χ4v) is 2.18. The summed E-state index contributed by atoms with van der Waals surface area (Å²) in [6, 6.07) is 8.43. The van der Waals surface area contributed by atoms with Gasteiger partial charge < -0.3 is 0 Å². The van der Waals surface area contributed by atoms with Crippen LogP contribution in [0.4, 0.5) is 17.6 Å². The van der Waals surface area contributed by atoms with Gasteiger partial charge in [-0.1, -0.05) is 12.1 Å². The summed E-state index contributed by atoms with van der Waals surface area (Å²) in [7, 11) is 0. The van der Waals surface area contributed by atoms with Crippen molar-refractivity contribution in [3.8, 4) is 6.07 Å². The van der Waals surface area contributed by atoms with Crippen LogP contribution in [0.5, 0.6) is 0 Å². The second-order valence-electron chi connectivity index (χ2n) is 4.60. The third-order valence-corrected chi connectivity index (χ3v) is 3.18. The summed E-state index contributed by atoms with van der Waals surface area (Å²) in [5.41, 5.74) is 0.629. The first-order valence-corrected chi connectivity index (χ1v) is 6.22. The van der Waals surface area contributed by atoms with Crippen LogP contribution in [0.3, 0.4) is 0 Å². The molecule has 21 heavy (non-hydrogen) atoms. The Morgan fingerprint density at radius 1 is 0.952 bits per heavy atom. The Labute approximate surface area is 119 Å². The van der Waals surface area contributed by atoms with Crippen molar-refractivity contribution in [3.63, 3.8) is 0 Å². The molecule has 0 aliphatic heterocycles. The first-order valence-electron chi connectivity index (χ1n) is 6.22. The van der Waals surface area contributed by atoms with Gasteiger partial charge >= 0.3 is 0 Å². The Morgan fingerprint density at radius 3 is 2.19 bits per heavy atom. The molecule has 5 heteroatoms. The van der Waals surface area contributed by atoms with Crippen molar-refractivity contribution in [2.24, 2.45) is 0 Å². The third kappa shape index (κ3) is 3.40. The van der Waals surface area contributed by atoms with E-state index in [1.807, 2.05) is 6.07 Å². The Morgan fingerprint density at radius 2 is 1.62 bits per heavy atom. The van der Waals surface area contributed by atoms with Gasteiger partial charge in [-0.05, 0) is 29.3 Å². The molecule has 0 saturated heterocycles. The van der Waals surface area contributed by atoms with E-state index in [9.17, 15) is 17.6 Å². The van der Waals surface area contributed by atoms with E-state index in [1.165, 1.54) is 12.1 Å². The van der Waals surface area contributed by atoms with E-state index in [1.54, 1.807) is 0 Å². The molecule has 0 bridgehead atoms. The fourth-order valence-electron chi connectivity index (χ4n) is 2.18. The van der Waals surface area contributed by atoms with Crippen molar-refractivity contribution in [2.45, 2.75) is 12.3 Å². The number of hydrogen-bond acceptors (Lipinski definition) is 1. The van der Waals surface area contributed by atoms with Crippen LogP contribution in [0.2, 0.25) is 0 Å². The second-order valence-corrected chi connectivity index (χ2v) is 4.60. The third-order valence-electron chi connectivity index (χ3n) is 3.18. The molecule has 0 fully saturated rings. The number of rotatable bonds is 4. The van der Waals surface area contributed by atoms with E-state index in [2.05, 4.69) is 0 Å². The highest BCUT2D eigenvalue weighted by Crippen LogP contribution is 2.28. The molecule has 0 aromatic heterocycles. The average Bonchev–Trinajstić information content (AvgIpc) is 2.42. The van der Waals surface area contributed by atoms with Crippen LogP contribution in [-0.2, 0) is 6.42 Å². The van der Waals surface area contributed by atoms with Crippen molar-refractivity contribution in [2.75, 3.05) is 6.67 Å². The van der Waals surface area contributed by atoms with E-state index in [-0.39, 0.29) is 17.5 Å². The maximum absolute atomic E-state index is 13.5. The summed E-state index contributed by atoms with van der Waals surface area (Å²) in [5.74, 6) is -3.08. The van der Waals surface area contributed by atoms with Gasteiger partial charge in [0, 0.05) is 17.5 Å². The molecule has 0 aliphatic carbocycles. The molecule has 0 amide bonds. The Bertz CT molecular complexity index is 671. The van der Waals surface area contributed by atoms with Crippen LogP contribution in [0.15, 0.2) is 36.4 Å². The largest absolute Gasteiger partial charge is 0.250 e. The quantitative estimate of drug-likeness (QED) is 0.772. The minimum absolute atomic E-state index is 0.129. The van der Waals surface area contributed by atoms with Gasteiger partial charge in [0.25, 0.3) is 0 Å². The van der Waals surface area contributed by atoms with Gasteiger partial charge in [0.05, 0.1) is 12.5 Å². The monoisotopic (exact) mass is 293 g/mol. The lowest BCUT2D eigenvalue weighted by Gasteiger charge is -2.15. The molecule has 0 radical (unpaired) electrons. The number of halogens is 4. The van der Waals surface area contributed by atoms with Gasteiger partial charge in [0.2, 0.25) is 0 Å². The zero-order chi connectivity index (χ0) is 15.4. The molecule has 1 atom stereocenters. The molecule has 2 aromatic carbocycles. The van der Waals surface area contributed by atoms with E-state index in [0.29, 0.717) is 11.6 Å². The van der Waals surface area contributed by atoms with Crippen molar-refractivity contribution in [3.05, 3.63) is 70.5 Å². The fraction of sp³-hybridized carbons (Fsp3) is 0.188. The van der Waals surface area contributed by atoms with E-state index in [4.69, 9.17) is 5.26 Å². The second kappa shape index (κ2) is 6.40. The lowest BCUT2D eigenvalue weighted by molar-refractivity contribution is 0.457. The molecule has 2 rings (SSSR count). The zero-order valence-electron chi connectivity index (χ0n) is 10.9. The Kier molecular flexibility index (Phi) is 4.59. The SMILES string of the molecule is N#CCc1cc(C(CF)c2cc(F)cc(F)c2)ccc1F. The maximum Gasteiger partial charge on any atom is 0.127 e. The minimum Gasteiger partial charge on any atom is -0.250 e. The van der Waals surface area contributed by atoms with E-state index >= 15 is 0 Å². The molecule has 0 saturated carbocycles. The summed E-state index contributed by atoms with van der Waals surface area (Å²) in [6.45, 7) is -0.888. The topological polar surface area (TPSA) is 23.8 Å². The number of hydrogen-bond donors (Lipinski definition) is 0. The van der Waals surface area contributed by atoms with Crippen LogP contribution in [0.25, 0.3) is 0 Å². The van der Waals surface area contributed by atoms with Gasteiger partial charge in [-0.15, -0.1) is 0 Å². The zero-order valence-corrected chi connectivity index (χ0v) is 10.9. The normalized spacial score (nSPS) is 12.0. The number of nitriles is 1. The summed E-state index contributed by atoms with van der Waals surface area (Å²) in [6.07, 6.45) is -0.157. The standard InChI is InChI=1S/C16H11F4N/c17-9-15(12-6-13(18)8-14(19)7-12)10-1-2-16(20)11(5-10)3-4-21/h1-2,5-8,15H,3,9H2. The molecule has 0 aliphatic rings. The van der Waals surface area contributed by atoms with E-state index in [0.717, 1.165) is 18.2 Å². The maximum atomic E-state index is 13.5. The van der Waals surface area contributed by atoms with Crippen molar-refractivity contribution >= 4 is 0 Å². The molecule has 1 unspecified atom stereocenters. The van der Waals surface area contributed by atoms with Gasteiger partial charge in [-0.2, -0.15) is 5.26 Å². The predicted molar refractivity (Wildman–Crippen MR) is 69.9 cm³/mol. The number of benzene rings is 2. The Hall–Kier alpha value is -2.35. The van der Waals surface area contributed by atoms with Gasteiger partial charge in [0.1, 0.15) is 24.1 Å². The van der Waals surface area contributed by atoms with Gasteiger partial charge in [0.15, 0.2) is 0 Å². The lowest BCUT2D eigenvalue weighted by Crippen LogP contribution is -2.06. The van der Waals surface area contributed by atoms with Crippen molar-refractivity contribution < 1.29 is 17.6 Å². The first kappa shape index (κ1) is 15.0. The highest BCUT2D eigenvalue weighted by Gasteiger charge is 2.17. The van der Waals surface area contributed by atoms with Crippen LogP contribution in [0.1, 0.15) is 22.6 Å². The van der Waals surface area contributed by atoms with E-state index < -0.39 is 30.0 Å². The molecule has 0 N–H and O–H groups in total. The summed E-state index contributed by atoms with van der Waals surface area (Å²) < 4.78 is 53.3. The molecule has 108 valence electrons. The van der Waals surface area contributed by atoms with Crippen molar-refractivity contribution in [1.29, 1.82) is 5.26 Å². The smallest absolute Gasteiger partial charge is 0.127 e. The highest BCUT2D eigenvalue weighted by molar-refractivity contribution is 5.37. The first-order chi connectivity index (χ1) is 10.0. The summed E-state index contributed by atoms with van der Waals surface area (Å²) >= 11 is 0. The van der Waals surface area contributed by atoms with Crippen LogP contribution in [-0.4, -0.2) is 6.67 Å². The molecule has 1 nitrogen and oxygen atoms in total. The highest BCUT2D eigenvalue weighted by atomic mass is 19.1. The van der Waals surface area contributed by atoms with Crippen LogP contribution >= 0.6 is 0 Å². The summed E-state index contributed by atoms with van der Waals surface area (Å²) in [5, 5.41) is 8.63. The van der Waals surface area contributed by atoms with Crippen LogP contribution in [0, 0.1) is 28.8 Å². The molecular formula is C16H11F4N. The number of alkyl halides is 1. The number of nitrogens with zero attached hydrogens (tertiary/aromatic N) is 1. The molecular weight excluding hydrogens is 282 g/mol. The molecule has 0 heterocycles. The Balaban J connectivity index is 2.46. The van der Waals surface area contributed by atoms with Crippen molar-refractivity contribution in [1.82, 2.24) is 0 Å². The predicted octanol–water partition coefficient (Wildman–Crippen LogP) is 4.27. The molecule has 0 spiro atoms. The average molecular weight is 293 g/mol.